The van der Waals surface area contributed by atoms with Crippen molar-refractivity contribution in [3.05, 3.63) is 23.5 Å². The van der Waals surface area contributed by atoms with Crippen molar-refractivity contribution in [2.24, 2.45) is 5.92 Å². The molecule has 4 N–H and O–H groups in total. The number of carboxylic acids is 1. The SMILES string of the molecule is Nc1cc(C(=O)O)c(F)cc1NCCOCC1CC1. The van der Waals surface area contributed by atoms with Crippen molar-refractivity contribution < 1.29 is 19.0 Å². The number of halogens is 1. The van der Waals surface area contributed by atoms with Gasteiger partial charge in [-0.25, -0.2) is 9.18 Å². The van der Waals surface area contributed by atoms with E-state index < -0.39 is 17.3 Å². The molecule has 0 heterocycles. The zero-order valence-electron chi connectivity index (χ0n) is 10.5. The molecule has 0 unspecified atom stereocenters. The second kappa shape index (κ2) is 5.88. The molecule has 1 aliphatic rings. The lowest BCUT2D eigenvalue weighted by atomic mass is 10.1. The van der Waals surface area contributed by atoms with Crippen LogP contribution in [-0.4, -0.2) is 30.8 Å². The number of nitrogens with one attached hydrogen (secondary N) is 1. The summed E-state index contributed by atoms with van der Waals surface area (Å²) in [6.45, 7) is 1.78. The van der Waals surface area contributed by atoms with Gasteiger partial charge in [0.25, 0.3) is 0 Å². The molecule has 0 spiro atoms. The van der Waals surface area contributed by atoms with Gasteiger partial charge in [0, 0.05) is 13.2 Å². The van der Waals surface area contributed by atoms with Crippen molar-refractivity contribution in [3.63, 3.8) is 0 Å². The number of rotatable bonds is 7. The lowest BCUT2D eigenvalue weighted by molar-refractivity contribution is 0.0692. The van der Waals surface area contributed by atoms with Crippen LogP contribution in [0.25, 0.3) is 0 Å². The molecule has 104 valence electrons. The summed E-state index contributed by atoms with van der Waals surface area (Å²) in [6, 6.07) is 2.21. The molecule has 0 saturated heterocycles. The van der Waals surface area contributed by atoms with E-state index in [1.54, 1.807) is 0 Å². The number of ether oxygens (including phenoxy) is 1. The van der Waals surface area contributed by atoms with Gasteiger partial charge in [0.2, 0.25) is 0 Å². The van der Waals surface area contributed by atoms with Gasteiger partial charge < -0.3 is 20.9 Å². The summed E-state index contributed by atoms with van der Waals surface area (Å²) in [6.07, 6.45) is 2.48. The maximum Gasteiger partial charge on any atom is 0.338 e. The quantitative estimate of drug-likeness (QED) is 0.520. The third kappa shape index (κ3) is 3.82. The first-order valence-electron chi connectivity index (χ1n) is 6.22. The van der Waals surface area contributed by atoms with E-state index in [2.05, 4.69) is 5.32 Å². The Labute approximate surface area is 110 Å². The number of anilines is 2. The van der Waals surface area contributed by atoms with Gasteiger partial charge in [-0.2, -0.15) is 0 Å². The maximum absolute atomic E-state index is 13.5. The smallest absolute Gasteiger partial charge is 0.338 e. The van der Waals surface area contributed by atoms with Gasteiger partial charge in [-0.15, -0.1) is 0 Å². The van der Waals surface area contributed by atoms with Gasteiger partial charge in [0.15, 0.2) is 0 Å². The zero-order chi connectivity index (χ0) is 13.8. The molecule has 1 aliphatic carbocycles. The minimum absolute atomic E-state index is 0.209. The van der Waals surface area contributed by atoms with Crippen LogP contribution in [0, 0.1) is 11.7 Å². The fourth-order valence-electron chi connectivity index (χ4n) is 1.70. The number of hydrogen-bond acceptors (Lipinski definition) is 4. The fourth-order valence-corrected chi connectivity index (χ4v) is 1.70. The number of benzene rings is 1. The molecule has 6 heteroatoms. The number of aromatic carboxylic acids is 1. The summed E-state index contributed by atoms with van der Waals surface area (Å²) < 4.78 is 18.9. The summed E-state index contributed by atoms with van der Waals surface area (Å²) in [4.78, 5) is 10.7. The van der Waals surface area contributed by atoms with Gasteiger partial charge in [-0.05, 0) is 30.9 Å². The standard InChI is InChI=1S/C13H17FN2O3/c14-10-6-12(11(15)5-9(10)13(17)18)16-3-4-19-7-8-1-2-8/h5-6,8,16H,1-4,7,15H2,(H,17,18). The Hall–Kier alpha value is -1.82. The Bertz CT molecular complexity index is 475. The molecule has 5 nitrogen and oxygen atoms in total. The summed E-state index contributed by atoms with van der Waals surface area (Å²) in [7, 11) is 0. The fraction of sp³-hybridized carbons (Fsp3) is 0.462. The van der Waals surface area contributed by atoms with E-state index >= 15 is 0 Å². The number of carbonyl (C=O) groups is 1. The minimum atomic E-state index is -1.33. The van der Waals surface area contributed by atoms with Crippen LogP contribution in [0.5, 0.6) is 0 Å². The molecular weight excluding hydrogens is 251 g/mol. The molecule has 0 radical (unpaired) electrons. The Balaban J connectivity index is 1.85. The predicted molar refractivity (Wildman–Crippen MR) is 69.8 cm³/mol. The molecule has 0 bridgehead atoms. The molecule has 0 aromatic heterocycles. The number of hydrogen-bond donors (Lipinski definition) is 3. The van der Waals surface area contributed by atoms with E-state index in [-0.39, 0.29) is 5.69 Å². The molecule has 1 aromatic rings. The zero-order valence-corrected chi connectivity index (χ0v) is 10.5. The van der Waals surface area contributed by atoms with Crippen molar-refractivity contribution in [2.75, 3.05) is 30.8 Å². The van der Waals surface area contributed by atoms with Crippen molar-refractivity contribution in [3.8, 4) is 0 Å². The van der Waals surface area contributed by atoms with Crippen LogP contribution >= 0.6 is 0 Å². The number of nitrogen functional groups attached to an aromatic ring is 1. The van der Waals surface area contributed by atoms with E-state index in [0.29, 0.717) is 24.8 Å². The minimum Gasteiger partial charge on any atom is -0.478 e. The van der Waals surface area contributed by atoms with E-state index in [0.717, 1.165) is 18.7 Å². The normalized spacial score (nSPS) is 14.4. The highest BCUT2D eigenvalue weighted by atomic mass is 19.1. The average molecular weight is 268 g/mol. The van der Waals surface area contributed by atoms with Crippen LogP contribution in [0.2, 0.25) is 0 Å². The molecule has 1 aromatic carbocycles. The molecule has 1 fully saturated rings. The maximum atomic E-state index is 13.5. The third-order valence-electron chi connectivity index (χ3n) is 2.98. The largest absolute Gasteiger partial charge is 0.478 e. The molecule has 1 saturated carbocycles. The first-order valence-corrected chi connectivity index (χ1v) is 6.22. The average Bonchev–Trinajstić information content (AvgIpc) is 3.16. The van der Waals surface area contributed by atoms with E-state index in [1.807, 2.05) is 0 Å². The number of carboxylic acid groups (broad SMARTS) is 1. The van der Waals surface area contributed by atoms with E-state index in [9.17, 15) is 9.18 Å². The summed E-state index contributed by atoms with van der Waals surface area (Å²) >= 11 is 0. The highest BCUT2D eigenvalue weighted by molar-refractivity contribution is 5.90. The first kappa shape index (κ1) is 13.6. The van der Waals surface area contributed by atoms with Gasteiger partial charge in [0.1, 0.15) is 5.82 Å². The van der Waals surface area contributed by atoms with Gasteiger partial charge >= 0.3 is 5.97 Å². The van der Waals surface area contributed by atoms with E-state index in [1.165, 1.54) is 12.8 Å². The Morgan fingerprint density at radius 2 is 2.26 bits per heavy atom. The number of nitrogens with two attached hydrogens (primary N) is 1. The summed E-state index contributed by atoms with van der Waals surface area (Å²) in [5.41, 5.74) is 5.84. The van der Waals surface area contributed by atoms with Crippen molar-refractivity contribution in [2.45, 2.75) is 12.8 Å². The molecular formula is C13H17FN2O3. The molecule has 0 atom stereocenters. The van der Waals surface area contributed by atoms with Crippen molar-refractivity contribution in [1.82, 2.24) is 0 Å². The van der Waals surface area contributed by atoms with Crippen LogP contribution in [0.15, 0.2) is 12.1 Å². The van der Waals surface area contributed by atoms with Crippen molar-refractivity contribution >= 4 is 17.3 Å². The molecule has 0 aliphatic heterocycles. The lowest BCUT2D eigenvalue weighted by Gasteiger charge is -2.11. The summed E-state index contributed by atoms with van der Waals surface area (Å²) in [5.74, 6) is -1.43. The van der Waals surface area contributed by atoms with E-state index in [4.69, 9.17) is 15.6 Å². The predicted octanol–water partition coefficient (Wildman–Crippen LogP) is 1.94. The van der Waals surface area contributed by atoms with Crippen molar-refractivity contribution in [1.29, 1.82) is 0 Å². The van der Waals surface area contributed by atoms with Gasteiger partial charge in [-0.3, -0.25) is 0 Å². The second-order valence-corrected chi connectivity index (χ2v) is 4.67. The third-order valence-corrected chi connectivity index (χ3v) is 2.98. The molecule has 2 rings (SSSR count). The van der Waals surface area contributed by atoms with Crippen LogP contribution in [0.1, 0.15) is 23.2 Å². The Morgan fingerprint density at radius 1 is 1.53 bits per heavy atom. The highest BCUT2D eigenvalue weighted by Gasteiger charge is 2.20. The lowest BCUT2D eigenvalue weighted by Crippen LogP contribution is -2.13. The first-order chi connectivity index (χ1) is 9.08. The van der Waals surface area contributed by atoms with Crippen LogP contribution in [0.3, 0.4) is 0 Å². The van der Waals surface area contributed by atoms with Crippen LogP contribution in [-0.2, 0) is 4.74 Å². The Morgan fingerprint density at radius 3 is 2.89 bits per heavy atom. The van der Waals surface area contributed by atoms with Crippen LogP contribution < -0.4 is 11.1 Å². The van der Waals surface area contributed by atoms with Crippen LogP contribution in [0.4, 0.5) is 15.8 Å². The molecule has 0 amide bonds. The van der Waals surface area contributed by atoms with Gasteiger partial charge in [-0.1, -0.05) is 0 Å². The monoisotopic (exact) mass is 268 g/mol. The topological polar surface area (TPSA) is 84.6 Å². The highest BCUT2D eigenvalue weighted by Crippen LogP contribution is 2.28. The summed E-state index contributed by atoms with van der Waals surface area (Å²) in [5, 5.41) is 11.7. The Kier molecular flexibility index (Phi) is 4.21. The van der Waals surface area contributed by atoms with Gasteiger partial charge in [0.05, 0.1) is 23.5 Å². The second-order valence-electron chi connectivity index (χ2n) is 4.67. The molecule has 19 heavy (non-hydrogen) atoms.